The van der Waals surface area contributed by atoms with Gasteiger partial charge in [0.15, 0.2) is 0 Å². The quantitative estimate of drug-likeness (QED) is 0.661. The molecule has 2 N–H and O–H groups in total. The zero-order valence-electron chi connectivity index (χ0n) is 14.9. The molecule has 1 fully saturated rings. The maximum atomic E-state index is 12.2. The summed E-state index contributed by atoms with van der Waals surface area (Å²) in [5, 5.41) is 2.83. The van der Waals surface area contributed by atoms with Gasteiger partial charge < -0.3 is 5.32 Å². The summed E-state index contributed by atoms with van der Waals surface area (Å²) in [5.74, 6) is -1.82. The Balaban J connectivity index is 1.48. The van der Waals surface area contributed by atoms with E-state index < -0.39 is 27.6 Å². The van der Waals surface area contributed by atoms with Crippen molar-refractivity contribution in [1.29, 1.82) is 0 Å². The van der Waals surface area contributed by atoms with E-state index in [2.05, 4.69) is 10.0 Å². The molecule has 1 aliphatic carbocycles. The van der Waals surface area contributed by atoms with Crippen LogP contribution in [0.15, 0.2) is 24.3 Å². The molecular formula is C18H23N3O5S. The lowest BCUT2D eigenvalue weighted by Crippen LogP contribution is -2.44. The van der Waals surface area contributed by atoms with Gasteiger partial charge in [0.1, 0.15) is 0 Å². The summed E-state index contributed by atoms with van der Waals surface area (Å²) < 4.78 is 26.5. The van der Waals surface area contributed by atoms with E-state index in [0.717, 1.165) is 37.0 Å². The van der Waals surface area contributed by atoms with Crippen molar-refractivity contribution in [2.24, 2.45) is 0 Å². The summed E-state index contributed by atoms with van der Waals surface area (Å²) in [6.45, 7) is -0.604. The van der Waals surface area contributed by atoms with Gasteiger partial charge in [-0.05, 0) is 25.0 Å². The highest BCUT2D eigenvalue weighted by molar-refractivity contribution is 7.89. The molecule has 0 bridgehead atoms. The fourth-order valence-electron chi connectivity index (χ4n) is 3.43. The van der Waals surface area contributed by atoms with Crippen LogP contribution in [0.2, 0.25) is 0 Å². The van der Waals surface area contributed by atoms with E-state index >= 15 is 0 Å². The lowest BCUT2D eigenvalue weighted by atomic mass is 9.95. The van der Waals surface area contributed by atoms with Gasteiger partial charge in [-0.2, -0.15) is 0 Å². The Morgan fingerprint density at radius 1 is 1.04 bits per heavy atom. The van der Waals surface area contributed by atoms with E-state index in [9.17, 15) is 22.8 Å². The van der Waals surface area contributed by atoms with Gasteiger partial charge in [0.05, 0.1) is 23.4 Å². The highest BCUT2D eigenvalue weighted by Gasteiger charge is 2.35. The normalized spacial score (nSPS) is 17.9. The van der Waals surface area contributed by atoms with E-state index in [1.807, 2.05) is 0 Å². The van der Waals surface area contributed by atoms with Crippen LogP contribution in [-0.4, -0.2) is 55.9 Å². The van der Waals surface area contributed by atoms with E-state index in [1.54, 1.807) is 12.1 Å². The minimum atomic E-state index is -3.80. The molecule has 0 radical (unpaired) electrons. The van der Waals surface area contributed by atoms with Crippen LogP contribution in [0.25, 0.3) is 0 Å². The molecule has 27 heavy (non-hydrogen) atoms. The molecule has 0 unspecified atom stereocenters. The van der Waals surface area contributed by atoms with Crippen LogP contribution in [0, 0.1) is 0 Å². The highest BCUT2D eigenvalue weighted by atomic mass is 32.2. The molecule has 0 spiro atoms. The SMILES string of the molecule is O=C(CNS(=O)(=O)CCN1C(=O)c2ccccc2C1=O)NC1CCCCC1. The summed E-state index contributed by atoms with van der Waals surface area (Å²) in [5.41, 5.74) is 0.555. The number of carbonyl (C=O) groups is 3. The number of carbonyl (C=O) groups excluding carboxylic acids is 3. The molecule has 8 nitrogen and oxygen atoms in total. The Bertz CT molecular complexity index is 811. The number of hydrogen-bond acceptors (Lipinski definition) is 5. The number of sulfonamides is 1. The van der Waals surface area contributed by atoms with E-state index in [1.165, 1.54) is 12.1 Å². The summed E-state index contributed by atoms with van der Waals surface area (Å²) >= 11 is 0. The van der Waals surface area contributed by atoms with Gasteiger partial charge in [-0.1, -0.05) is 31.4 Å². The summed E-state index contributed by atoms with van der Waals surface area (Å²) in [4.78, 5) is 37.3. The van der Waals surface area contributed by atoms with Crippen LogP contribution in [0.5, 0.6) is 0 Å². The van der Waals surface area contributed by atoms with Gasteiger partial charge in [-0.15, -0.1) is 0 Å². The maximum Gasteiger partial charge on any atom is 0.261 e. The minimum absolute atomic E-state index is 0.106. The molecule has 1 aromatic carbocycles. The van der Waals surface area contributed by atoms with Crippen molar-refractivity contribution >= 4 is 27.7 Å². The molecule has 0 aromatic heterocycles. The van der Waals surface area contributed by atoms with Crippen LogP contribution < -0.4 is 10.0 Å². The number of amides is 3. The Morgan fingerprint density at radius 2 is 1.63 bits per heavy atom. The Morgan fingerprint density at radius 3 is 2.22 bits per heavy atom. The van der Waals surface area contributed by atoms with Gasteiger partial charge in [-0.25, -0.2) is 13.1 Å². The van der Waals surface area contributed by atoms with Crippen LogP contribution >= 0.6 is 0 Å². The van der Waals surface area contributed by atoms with Crippen molar-refractivity contribution in [2.75, 3.05) is 18.8 Å². The van der Waals surface area contributed by atoms with Crippen molar-refractivity contribution in [3.63, 3.8) is 0 Å². The molecule has 3 amide bonds. The van der Waals surface area contributed by atoms with Gasteiger partial charge in [-0.3, -0.25) is 19.3 Å². The first kappa shape index (κ1) is 19.5. The number of benzene rings is 1. The number of nitrogens with zero attached hydrogens (tertiary/aromatic N) is 1. The van der Waals surface area contributed by atoms with Crippen molar-refractivity contribution in [1.82, 2.24) is 14.9 Å². The Labute approximate surface area is 158 Å². The Kier molecular flexibility index (Phi) is 5.91. The van der Waals surface area contributed by atoms with Crippen LogP contribution in [0.3, 0.4) is 0 Å². The van der Waals surface area contributed by atoms with E-state index in [0.29, 0.717) is 0 Å². The van der Waals surface area contributed by atoms with Gasteiger partial charge in [0, 0.05) is 12.6 Å². The predicted molar refractivity (Wildman–Crippen MR) is 98.6 cm³/mol. The number of fused-ring (bicyclic) bond motifs is 1. The zero-order chi connectivity index (χ0) is 19.4. The topological polar surface area (TPSA) is 113 Å². The van der Waals surface area contributed by atoms with Crippen molar-refractivity contribution < 1.29 is 22.8 Å². The third-order valence-corrected chi connectivity index (χ3v) is 6.19. The molecule has 9 heteroatoms. The second kappa shape index (κ2) is 8.18. The van der Waals surface area contributed by atoms with E-state index in [4.69, 9.17) is 0 Å². The molecule has 1 saturated carbocycles. The molecule has 0 saturated heterocycles. The van der Waals surface area contributed by atoms with Crippen molar-refractivity contribution in [2.45, 2.75) is 38.1 Å². The second-order valence-electron chi connectivity index (χ2n) is 6.85. The molecule has 3 rings (SSSR count). The third-order valence-electron chi connectivity index (χ3n) is 4.88. The van der Waals surface area contributed by atoms with Crippen LogP contribution in [0.4, 0.5) is 0 Å². The summed E-state index contributed by atoms with van der Waals surface area (Å²) in [6, 6.07) is 6.48. The van der Waals surface area contributed by atoms with Gasteiger partial charge >= 0.3 is 0 Å². The molecule has 2 aliphatic rings. The molecule has 1 aromatic rings. The fourth-order valence-corrected chi connectivity index (χ4v) is 4.35. The first-order valence-corrected chi connectivity index (χ1v) is 10.7. The lowest BCUT2D eigenvalue weighted by Gasteiger charge is -2.22. The zero-order valence-corrected chi connectivity index (χ0v) is 15.8. The molecule has 1 heterocycles. The first-order chi connectivity index (χ1) is 12.9. The average Bonchev–Trinajstić information content (AvgIpc) is 2.90. The number of nitrogens with one attached hydrogen (secondary N) is 2. The molecule has 1 aliphatic heterocycles. The summed E-state index contributed by atoms with van der Waals surface area (Å²) in [7, 11) is -3.80. The molecule has 146 valence electrons. The number of hydrogen-bond donors (Lipinski definition) is 2. The lowest BCUT2D eigenvalue weighted by molar-refractivity contribution is -0.120. The van der Waals surface area contributed by atoms with E-state index in [-0.39, 0.29) is 36.2 Å². The minimum Gasteiger partial charge on any atom is -0.352 e. The molecular weight excluding hydrogens is 370 g/mol. The predicted octanol–water partition coefficient (Wildman–Crippen LogP) is 0.651. The van der Waals surface area contributed by atoms with Gasteiger partial charge in [0.25, 0.3) is 11.8 Å². The third kappa shape index (κ3) is 4.72. The fraction of sp³-hybridized carbons (Fsp3) is 0.500. The van der Waals surface area contributed by atoms with Crippen LogP contribution in [-0.2, 0) is 14.8 Å². The number of imide groups is 1. The largest absolute Gasteiger partial charge is 0.352 e. The Hall–Kier alpha value is -2.26. The highest BCUT2D eigenvalue weighted by Crippen LogP contribution is 2.22. The van der Waals surface area contributed by atoms with Crippen LogP contribution in [0.1, 0.15) is 52.8 Å². The smallest absolute Gasteiger partial charge is 0.261 e. The number of rotatable bonds is 7. The second-order valence-corrected chi connectivity index (χ2v) is 8.78. The average molecular weight is 393 g/mol. The standard InChI is InChI=1S/C18H23N3O5S/c22-16(20-13-6-2-1-3-7-13)12-19-27(25,26)11-10-21-17(23)14-8-4-5-9-15(14)18(21)24/h4-5,8-9,13,19H,1-3,6-7,10-12H2,(H,20,22). The first-order valence-electron chi connectivity index (χ1n) is 9.09. The molecule has 0 atom stereocenters. The monoisotopic (exact) mass is 393 g/mol. The van der Waals surface area contributed by atoms with Crippen molar-refractivity contribution in [3.05, 3.63) is 35.4 Å². The van der Waals surface area contributed by atoms with Crippen molar-refractivity contribution in [3.8, 4) is 0 Å². The van der Waals surface area contributed by atoms with Gasteiger partial charge in [0.2, 0.25) is 15.9 Å². The maximum absolute atomic E-state index is 12.2. The summed E-state index contributed by atoms with van der Waals surface area (Å²) in [6.07, 6.45) is 5.13.